The Hall–Kier alpha value is -2.66. The molecule has 1 aliphatic rings. The summed E-state index contributed by atoms with van der Waals surface area (Å²) >= 11 is 0. The Morgan fingerprint density at radius 1 is 1.14 bits per heavy atom. The molecule has 1 aromatic carbocycles. The lowest BCUT2D eigenvalue weighted by atomic mass is 9.96. The Kier molecular flexibility index (Phi) is 2.94. The Labute approximate surface area is 127 Å². The molecule has 0 saturated heterocycles. The lowest BCUT2D eigenvalue weighted by Gasteiger charge is -2.19. The summed E-state index contributed by atoms with van der Waals surface area (Å²) in [6, 6.07) is 8.86. The van der Waals surface area contributed by atoms with Crippen LogP contribution in [-0.2, 0) is 0 Å². The maximum absolute atomic E-state index is 10.5. The van der Waals surface area contributed by atoms with Gasteiger partial charge in [-0.05, 0) is 17.7 Å². The van der Waals surface area contributed by atoms with E-state index in [0.29, 0.717) is 12.0 Å². The van der Waals surface area contributed by atoms with Crippen LogP contribution in [0.1, 0.15) is 29.7 Å². The van der Waals surface area contributed by atoms with Gasteiger partial charge in [-0.15, -0.1) is 0 Å². The van der Waals surface area contributed by atoms with E-state index in [2.05, 4.69) is 14.5 Å². The van der Waals surface area contributed by atoms with Gasteiger partial charge in [-0.2, -0.15) is 0 Å². The third-order valence-electron chi connectivity index (χ3n) is 4.23. The van der Waals surface area contributed by atoms with Gasteiger partial charge in [0.05, 0.1) is 30.4 Å². The van der Waals surface area contributed by atoms with Crippen molar-refractivity contribution >= 4 is 0 Å². The van der Waals surface area contributed by atoms with Gasteiger partial charge in [-0.25, -0.2) is 4.98 Å². The minimum absolute atomic E-state index is 0.00916. The van der Waals surface area contributed by atoms with Crippen molar-refractivity contribution in [3.8, 4) is 17.0 Å². The number of imidazole rings is 1. The van der Waals surface area contributed by atoms with Crippen molar-refractivity contribution in [1.29, 1.82) is 0 Å². The number of rotatable bonds is 3. The van der Waals surface area contributed by atoms with E-state index in [1.54, 1.807) is 30.7 Å². The number of aromatic nitrogens is 3. The number of hydrogen-bond acceptors (Lipinski definition) is 4. The summed E-state index contributed by atoms with van der Waals surface area (Å²) < 4.78 is 2.05. The van der Waals surface area contributed by atoms with Crippen LogP contribution in [0, 0.1) is 0 Å². The van der Waals surface area contributed by atoms with Gasteiger partial charge in [0.25, 0.3) is 0 Å². The number of phenols is 1. The number of para-hydroxylation sites is 1. The number of aromatic hydroxyl groups is 1. The second-order valence-corrected chi connectivity index (χ2v) is 5.48. The van der Waals surface area contributed by atoms with Crippen molar-refractivity contribution in [2.75, 3.05) is 0 Å². The number of hydrogen-bond donors (Lipinski definition) is 2. The van der Waals surface area contributed by atoms with Crippen LogP contribution >= 0.6 is 0 Å². The van der Waals surface area contributed by atoms with E-state index in [0.717, 1.165) is 16.8 Å². The van der Waals surface area contributed by atoms with E-state index >= 15 is 0 Å². The zero-order chi connectivity index (χ0) is 15.1. The smallest absolute Gasteiger partial charge is 0.121 e. The monoisotopic (exact) mass is 293 g/mol. The molecule has 0 saturated carbocycles. The predicted molar refractivity (Wildman–Crippen MR) is 81.3 cm³/mol. The molecule has 0 radical (unpaired) electrons. The molecule has 5 nitrogen and oxygen atoms in total. The van der Waals surface area contributed by atoms with Crippen molar-refractivity contribution in [1.82, 2.24) is 14.5 Å². The third-order valence-corrected chi connectivity index (χ3v) is 4.23. The van der Waals surface area contributed by atoms with Gasteiger partial charge in [0.2, 0.25) is 0 Å². The Morgan fingerprint density at radius 2 is 2.00 bits per heavy atom. The lowest BCUT2D eigenvalue weighted by Crippen LogP contribution is -2.10. The number of pyridine rings is 1. The molecule has 2 unspecified atom stereocenters. The average molecular weight is 293 g/mol. The van der Waals surface area contributed by atoms with Crippen LogP contribution in [0.15, 0.2) is 55.2 Å². The van der Waals surface area contributed by atoms with E-state index < -0.39 is 6.10 Å². The molecule has 4 rings (SSSR count). The van der Waals surface area contributed by atoms with Crippen LogP contribution in [0.4, 0.5) is 0 Å². The highest BCUT2D eigenvalue weighted by Gasteiger charge is 2.30. The molecule has 0 fully saturated rings. The van der Waals surface area contributed by atoms with Gasteiger partial charge < -0.3 is 14.8 Å². The molecule has 5 heteroatoms. The molecule has 3 aromatic rings. The van der Waals surface area contributed by atoms with Crippen LogP contribution in [0.25, 0.3) is 11.3 Å². The molecule has 0 amide bonds. The first-order valence-corrected chi connectivity index (χ1v) is 7.18. The molecule has 1 aliphatic heterocycles. The summed E-state index contributed by atoms with van der Waals surface area (Å²) in [4.78, 5) is 8.37. The van der Waals surface area contributed by atoms with Crippen LogP contribution < -0.4 is 0 Å². The van der Waals surface area contributed by atoms with Crippen LogP contribution in [-0.4, -0.2) is 24.7 Å². The number of nitrogens with zero attached hydrogens (tertiary/aromatic N) is 3. The zero-order valence-electron chi connectivity index (χ0n) is 11.8. The highest BCUT2D eigenvalue weighted by atomic mass is 16.3. The lowest BCUT2D eigenvalue weighted by molar-refractivity contribution is 0.150. The Bertz CT molecular complexity index is 828. The summed E-state index contributed by atoms with van der Waals surface area (Å²) in [5, 5.41) is 20.5. The van der Waals surface area contributed by atoms with E-state index in [1.165, 1.54) is 0 Å². The predicted octanol–water partition coefficient (Wildman–Crippen LogP) is 2.68. The van der Waals surface area contributed by atoms with Gasteiger partial charge >= 0.3 is 0 Å². The molecule has 22 heavy (non-hydrogen) atoms. The fourth-order valence-electron chi connectivity index (χ4n) is 3.17. The van der Waals surface area contributed by atoms with Crippen molar-refractivity contribution in [3.63, 3.8) is 0 Å². The molecule has 2 atom stereocenters. The number of benzene rings is 1. The summed E-state index contributed by atoms with van der Waals surface area (Å²) in [5.41, 5.74) is 3.74. The average Bonchev–Trinajstić information content (AvgIpc) is 3.11. The molecular formula is C17H15N3O2. The molecule has 2 N–H and O–H groups in total. The van der Waals surface area contributed by atoms with E-state index in [9.17, 15) is 10.2 Å². The molecule has 0 bridgehead atoms. The number of aliphatic hydroxyl groups excluding tert-OH is 1. The van der Waals surface area contributed by atoms with Gasteiger partial charge in [0.1, 0.15) is 5.75 Å². The quantitative estimate of drug-likeness (QED) is 0.779. The first-order chi connectivity index (χ1) is 10.8. The first kappa shape index (κ1) is 13.0. The summed E-state index contributed by atoms with van der Waals surface area (Å²) in [6.07, 6.45) is 6.90. The van der Waals surface area contributed by atoms with E-state index in [4.69, 9.17) is 0 Å². The van der Waals surface area contributed by atoms with Crippen molar-refractivity contribution < 1.29 is 10.2 Å². The summed E-state index contributed by atoms with van der Waals surface area (Å²) in [7, 11) is 0. The van der Waals surface area contributed by atoms with Crippen molar-refractivity contribution in [3.05, 3.63) is 66.4 Å². The SMILES string of the molecule is Oc1ccccc1C(O)CC1c2ccncc2-c2cncn21. The highest BCUT2D eigenvalue weighted by Crippen LogP contribution is 2.43. The maximum atomic E-state index is 10.5. The Morgan fingerprint density at radius 3 is 2.86 bits per heavy atom. The van der Waals surface area contributed by atoms with Crippen LogP contribution in [0.3, 0.4) is 0 Å². The van der Waals surface area contributed by atoms with E-state index in [-0.39, 0.29) is 11.8 Å². The minimum Gasteiger partial charge on any atom is -0.508 e. The zero-order valence-corrected chi connectivity index (χ0v) is 11.8. The van der Waals surface area contributed by atoms with Crippen molar-refractivity contribution in [2.45, 2.75) is 18.6 Å². The fourth-order valence-corrected chi connectivity index (χ4v) is 3.17. The van der Waals surface area contributed by atoms with Gasteiger partial charge in [0, 0.05) is 29.9 Å². The van der Waals surface area contributed by atoms with Gasteiger partial charge in [-0.3, -0.25) is 4.98 Å². The second-order valence-electron chi connectivity index (χ2n) is 5.48. The number of phenolic OH excluding ortho intramolecular Hbond substituents is 1. The topological polar surface area (TPSA) is 71.2 Å². The second kappa shape index (κ2) is 4.96. The van der Waals surface area contributed by atoms with Crippen molar-refractivity contribution in [2.24, 2.45) is 0 Å². The number of aliphatic hydroxyl groups is 1. The van der Waals surface area contributed by atoms with Crippen LogP contribution in [0.5, 0.6) is 5.75 Å². The maximum Gasteiger partial charge on any atom is 0.121 e. The molecular weight excluding hydrogens is 278 g/mol. The largest absolute Gasteiger partial charge is 0.508 e. The standard InChI is InChI=1S/C17H15N3O2/c21-16-4-2-1-3-12(16)17(22)7-14-11-5-6-18-8-13(11)15-9-19-10-20(14)15/h1-6,8-10,14,17,21-22H,7H2. The normalized spacial score (nSPS) is 17.0. The molecule has 2 aromatic heterocycles. The molecule has 0 aliphatic carbocycles. The minimum atomic E-state index is -0.749. The molecule has 0 spiro atoms. The first-order valence-electron chi connectivity index (χ1n) is 7.18. The molecule has 3 heterocycles. The third kappa shape index (κ3) is 1.90. The van der Waals surface area contributed by atoms with Gasteiger partial charge in [-0.1, -0.05) is 18.2 Å². The highest BCUT2D eigenvalue weighted by molar-refractivity contribution is 5.67. The van der Waals surface area contributed by atoms with Crippen LogP contribution in [0.2, 0.25) is 0 Å². The van der Waals surface area contributed by atoms with E-state index in [1.807, 2.05) is 24.5 Å². The number of fused-ring (bicyclic) bond motifs is 3. The summed E-state index contributed by atoms with van der Waals surface area (Å²) in [6.45, 7) is 0. The summed E-state index contributed by atoms with van der Waals surface area (Å²) in [5.74, 6) is 0.119. The molecule has 110 valence electrons. The van der Waals surface area contributed by atoms with Gasteiger partial charge in [0.15, 0.2) is 0 Å². The fraction of sp³-hybridized carbons (Fsp3) is 0.176. The Balaban J connectivity index is 1.71.